The number of benzene rings is 4. The molecule has 1 amide bonds. The fourth-order valence-electron chi connectivity index (χ4n) is 3.22. The standard InChI is InChI=1S/C27H20ClNO3/c28-22-14-15-25(24(17-22)26(30)20-10-5-2-6-11-20)29-27(31)21-12-7-13-23(16-21)32-18-19-8-3-1-4-9-19/h1-17H,18H2,(H,29,31). The summed E-state index contributed by atoms with van der Waals surface area (Å²) in [7, 11) is 0. The number of carbonyl (C=O) groups excluding carboxylic acids is 2. The molecule has 0 spiro atoms. The molecule has 0 radical (unpaired) electrons. The summed E-state index contributed by atoms with van der Waals surface area (Å²) in [6, 6.07) is 30.4. The molecule has 0 atom stereocenters. The molecule has 0 aliphatic heterocycles. The Kier molecular flexibility index (Phi) is 6.63. The molecule has 0 fully saturated rings. The first-order valence-electron chi connectivity index (χ1n) is 10.1. The van der Waals surface area contributed by atoms with Crippen molar-refractivity contribution in [2.45, 2.75) is 6.61 Å². The second-order valence-corrected chi connectivity index (χ2v) is 7.58. The molecule has 32 heavy (non-hydrogen) atoms. The zero-order valence-electron chi connectivity index (χ0n) is 17.1. The number of hydrogen-bond donors (Lipinski definition) is 1. The van der Waals surface area contributed by atoms with Gasteiger partial charge in [0.25, 0.3) is 5.91 Å². The van der Waals surface area contributed by atoms with E-state index in [9.17, 15) is 9.59 Å². The summed E-state index contributed by atoms with van der Waals surface area (Å²) in [5.41, 5.74) is 2.69. The van der Waals surface area contributed by atoms with Gasteiger partial charge < -0.3 is 10.1 Å². The summed E-state index contributed by atoms with van der Waals surface area (Å²) >= 11 is 6.13. The molecular weight excluding hydrogens is 422 g/mol. The molecule has 0 heterocycles. The van der Waals surface area contributed by atoms with Crippen LogP contribution in [0.4, 0.5) is 5.69 Å². The topological polar surface area (TPSA) is 55.4 Å². The van der Waals surface area contributed by atoms with Crippen LogP contribution in [0.2, 0.25) is 5.02 Å². The van der Waals surface area contributed by atoms with Gasteiger partial charge in [-0.05, 0) is 42.0 Å². The number of ether oxygens (including phenoxy) is 1. The Balaban J connectivity index is 1.52. The van der Waals surface area contributed by atoms with Gasteiger partial charge in [-0.2, -0.15) is 0 Å². The average Bonchev–Trinajstić information content (AvgIpc) is 2.84. The molecule has 0 saturated heterocycles. The molecule has 4 aromatic carbocycles. The third-order valence-corrected chi connectivity index (χ3v) is 5.09. The lowest BCUT2D eigenvalue weighted by Crippen LogP contribution is -2.15. The van der Waals surface area contributed by atoms with Crippen molar-refractivity contribution in [2.75, 3.05) is 5.32 Å². The predicted octanol–water partition coefficient (Wildman–Crippen LogP) is 6.40. The van der Waals surface area contributed by atoms with Crippen LogP contribution in [0.5, 0.6) is 5.75 Å². The van der Waals surface area contributed by atoms with Crippen LogP contribution in [0.15, 0.2) is 103 Å². The summed E-state index contributed by atoms with van der Waals surface area (Å²) in [5.74, 6) is 0.0149. The summed E-state index contributed by atoms with van der Waals surface area (Å²) in [6.45, 7) is 0.402. The van der Waals surface area contributed by atoms with Gasteiger partial charge in [0, 0.05) is 21.7 Å². The lowest BCUT2D eigenvalue weighted by Gasteiger charge is -2.12. The number of amides is 1. The molecule has 4 rings (SSSR count). The van der Waals surface area contributed by atoms with E-state index in [1.165, 1.54) is 0 Å². The van der Waals surface area contributed by atoms with Crippen LogP contribution in [0.3, 0.4) is 0 Å². The molecule has 4 nitrogen and oxygen atoms in total. The number of carbonyl (C=O) groups is 2. The van der Waals surface area contributed by atoms with E-state index in [0.29, 0.717) is 39.8 Å². The maximum Gasteiger partial charge on any atom is 0.255 e. The number of ketones is 1. The van der Waals surface area contributed by atoms with E-state index in [4.69, 9.17) is 16.3 Å². The third kappa shape index (κ3) is 5.23. The molecule has 0 bridgehead atoms. The SMILES string of the molecule is O=C(Nc1ccc(Cl)cc1C(=O)c1ccccc1)c1cccc(OCc2ccccc2)c1. The first-order chi connectivity index (χ1) is 15.6. The second kappa shape index (κ2) is 9.94. The summed E-state index contributed by atoms with van der Waals surface area (Å²) in [4.78, 5) is 25.9. The summed E-state index contributed by atoms with van der Waals surface area (Å²) in [6.07, 6.45) is 0. The van der Waals surface area contributed by atoms with E-state index in [0.717, 1.165) is 5.56 Å². The lowest BCUT2D eigenvalue weighted by molar-refractivity contribution is 0.102. The first-order valence-corrected chi connectivity index (χ1v) is 10.5. The quantitative estimate of drug-likeness (QED) is 0.337. The van der Waals surface area contributed by atoms with Crippen molar-refractivity contribution >= 4 is 29.0 Å². The van der Waals surface area contributed by atoms with Crippen molar-refractivity contribution < 1.29 is 14.3 Å². The lowest BCUT2D eigenvalue weighted by atomic mass is 10.0. The van der Waals surface area contributed by atoms with Crippen LogP contribution >= 0.6 is 11.6 Å². The molecule has 158 valence electrons. The highest BCUT2D eigenvalue weighted by atomic mass is 35.5. The van der Waals surface area contributed by atoms with Gasteiger partial charge in [0.2, 0.25) is 0 Å². The Morgan fingerprint density at radius 3 is 2.19 bits per heavy atom. The van der Waals surface area contributed by atoms with Gasteiger partial charge in [-0.15, -0.1) is 0 Å². The van der Waals surface area contributed by atoms with Crippen molar-refractivity contribution in [2.24, 2.45) is 0 Å². The minimum Gasteiger partial charge on any atom is -0.489 e. The van der Waals surface area contributed by atoms with Crippen LogP contribution in [0, 0.1) is 0 Å². The van der Waals surface area contributed by atoms with Gasteiger partial charge in [-0.3, -0.25) is 9.59 Å². The van der Waals surface area contributed by atoms with Crippen molar-refractivity contribution in [1.29, 1.82) is 0 Å². The highest BCUT2D eigenvalue weighted by molar-refractivity contribution is 6.31. The molecule has 1 N–H and O–H groups in total. The average molecular weight is 442 g/mol. The van der Waals surface area contributed by atoms with Gasteiger partial charge in [-0.25, -0.2) is 0 Å². The van der Waals surface area contributed by atoms with Crippen LogP contribution in [0.25, 0.3) is 0 Å². The number of anilines is 1. The third-order valence-electron chi connectivity index (χ3n) is 4.85. The van der Waals surface area contributed by atoms with Gasteiger partial charge >= 0.3 is 0 Å². The normalized spacial score (nSPS) is 10.4. The zero-order chi connectivity index (χ0) is 22.3. The van der Waals surface area contributed by atoms with E-state index in [1.807, 2.05) is 36.4 Å². The Labute approximate surface area is 191 Å². The van der Waals surface area contributed by atoms with Gasteiger partial charge in [-0.1, -0.05) is 78.3 Å². The van der Waals surface area contributed by atoms with Crippen LogP contribution in [-0.4, -0.2) is 11.7 Å². The zero-order valence-corrected chi connectivity index (χ0v) is 17.9. The maximum atomic E-state index is 13.0. The van der Waals surface area contributed by atoms with E-state index in [1.54, 1.807) is 66.7 Å². The van der Waals surface area contributed by atoms with E-state index < -0.39 is 0 Å². The molecule has 0 aliphatic rings. The molecule has 4 aromatic rings. The van der Waals surface area contributed by atoms with Crippen molar-refractivity contribution in [3.05, 3.63) is 130 Å². The molecule has 0 aromatic heterocycles. The Morgan fingerprint density at radius 1 is 0.750 bits per heavy atom. The minimum atomic E-state index is -0.348. The fourth-order valence-corrected chi connectivity index (χ4v) is 3.39. The van der Waals surface area contributed by atoms with Gasteiger partial charge in [0.1, 0.15) is 12.4 Å². The number of halogens is 1. The molecule has 0 saturated carbocycles. The smallest absolute Gasteiger partial charge is 0.255 e. The fraction of sp³-hybridized carbons (Fsp3) is 0.0370. The largest absolute Gasteiger partial charge is 0.489 e. The highest BCUT2D eigenvalue weighted by Crippen LogP contribution is 2.25. The summed E-state index contributed by atoms with van der Waals surface area (Å²) in [5, 5.41) is 3.25. The van der Waals surface area contributed by atoms with Gasteiger partial charge in [0.15, 0.2) is 5.78 Å². The predicted molar refractivity (Wildman–Crippen MR) is 126 cm³/mol. The van der Waals surface area contributed by atoms with E-state index >= 15 is 0 Å². The Morgan fingerprint density at radius 2 is 1.44 bits per heavy atom. The van der Waals surface area contributed by atoms with Gasteiger partial charge in [0.05, 0.1) is 5.69 Å². The molecule has 0 aliphatic carbocycles. The van der Waals surface area contributed by atoms with Crippen molar-refractivity contribution in [3.8, 4) is 5.75 Å². The molecular formula is C27H20ClNO3. The second-order valence-electron chi connectivity index (χ2n) is 7.14. The highest BCUT2D eigenvalue weighted by Gasteiger charge is 2.17. The van der Waals surface area contributed by atoms with Crippen molar-refractivity contribution in [1.82, 2.24) is 0 Å². The van der Waals surface area contributed by atoms with Crippen LogP contribution in [-0.2, 0) is 6.61 Å². The maximum absolute atomic E-state index is 13.0. The summed E-state index contributed by atoms with van der Waals surface area (Å²) < 4.78 is 5.82. The molecule has 0 unspecified atom stereocenters. The van der Waals surface area contributed by atoms with E-state index in [2.05, 4.69) is 5.32 Å². The molecule has 5 heteroatoms. The number of rotatable bonds is 7. The number of nitrogens with one attached hydrogen (secondary N) is 1. The van der Waals surface area contributed by atoms with Crippen LogP contribution in [0.1, 0.15) is 31.8 Å². The Hall–Kier alpha value is -3.89. The van der Waals surface area contributed by atoms with Crippen LogP contribution < -0.4 is 10.1 Å². The monoisotopic (exact) mass is 441 g/mol. The minimum absolute atomic E-state index is 0.219. The first kappa shape index (κ1) is 21.3. The van der Waals surface area contributed by atoms with E-state index in [-0.39, 0.29) is 11.7 Å². The number of hydrogen-bond acceptors (Lipinski definition) is 3. The Bertz CT molecular complexity index is 1240. The van der Waals surface area contributed by atoms with Crippen molar-refractivity contribution in [3.63, 3.8) is 0 Å².